The first kappa shape index (κ1) is 56.3. The van der Waals surface area contributed by atoms with Gasteiger partial charge in [0.2, 0.25) is 0 Å². The predicted molar refractivity (Wildman–Crippen MR) is 289 cm³/mol. The molecular weight excluding hydrogens is 1010 g/mol. The van der Waals surface area contributed by atoms with Crippen LogP contribution in [0.15, 0.2) is 121 Å². The van der Waals surface area contributed by atoms with Crippen LogP contribution >= 0.6 is 15.6 Å². The average Bonchev–Trinajstić information content (AvgIpc) is 3.57. The molecule has 0 atom stereocenters. The van der Waals surface area contributed by atoms with E-state index in [1.807, 2.05) is 0 Å². The van der Waals surface area contributed by atoms with Crippen LogP contribution in [0.25, 0.3) is 56.7 Å². The summed E-state index contributed by atoms with van der Waals surface area (Å²) in [6, 6.07) is 43.1. The predicted octanol–water partition coefficient (Wildman–Crippen LogP) is 23.3. The van der Waals surface area contributed by atoms with Gasteiger partial charge in [-0.3, -0.25) is 0 Å². The zero-order valence-electron chi connectivity index (χ0n) is 43.5. The van der Waals surface area contributed by atoms with Crippen LogP contribution in [-0.2, 0) is 28.1 Å². The maximum absolute atomic E-state index is 10.7. The van der Waals surface area contributed by atoms with Crippen LogP contribution in [0.5, 0.6) is 0 Å². The fraction of sp³-hybridized carbons (Fsp3) is 0.300. The summed E-state index contributed by atoms with van der Waals surface area (Å²) in [4.78, 5) is 0. The van der Waals surface area contributed by atoms with E-state index < -0.39 is 15.6 Å². The van der Waals surface area contributed by atoms with Crippen molar-refractivity contribution in [3.8, 4) is 22.3 Å². The van der Waals surface area contributed by atoms with Crippen molar-refractivity contribution in [1.82, 2.24) is 0 Å². The Morgan fingerprint density at radius 1 is 0.392 bits per heavy atom. The van der Waals surface area contributed by atoms with Crippen molar-refractivity contribution in [1.29, 1.82) is 0 Å². The molecule has 0 fully saturated rings. The first-order valence-corrected chi connectivity index (χ1v) is 28.2. The molecule has 0 nitrogen and oxygen atoms in total. The SMILES string of the molecule is CC(C)(C)c1ccc2c3cc(c-2cc1)Cc1cc(c2ccc(C(C)(C)C)ccc1-2)/C=C1\C=C(CC2=C/C(=C\3)c3cc[c+](C(C)(C)C)ccc32)c2c[cH+]c(C(C)(C)C)ccc21.F[P-](F)(F)(F)(F)F.F[P-](F)(F)(F)(F)F. The van der Waals surface area contributed by atoms with Gasteiger partial charge in [0.1, 0.15) is 0 Å². The van der Waals surface area contributed by atoms with Crippen molar-refractivity contribution >= 4 is 50.1 Å². The summed E-state index contributed by atoms with van der Waals surface area (Å²) in [6.45, 7) is 27.8. The molecule has 0 unspecified atom stereocenters. The molecule has 0 amide bonds. The molecule has 0 N–H and O–H groups in total. The molecule has 9 rings (SSSR count). The molecule has 0 saturated carbocycles. The standard InChI is InChI=1S/C60H62.2F6P/c1-57(2,3)45-13-21-49-37-29-38(50(49)22-14-45)34-40-31-42(54-26-18-47(59(7,8)9)16-24-52(40)54)36-44-32-43(55-27-19-48(60(10,11)12)20-28-56(44)55)35-41-30-39(33-37)51-23-15-46(58(4,5)6)17-25-53(41)51;2*1-7(2,3,4,5)6/h13-33,36H,34-35H2,1-12H3;;/q+2;2*-1/b37-33+,42-36+;;. The van der Waals surface area contributed by atoms with Crippen LogP contribution in [0.2, 0.25) is 0 Å². The van der Waals surface area contributed by atoms with Crippen LogP contribution < -0.4 is 0 Å². The third-order valence-electron chi connectivity index (χ3n) is 13.4. The zero-order chi connectivity index (χ0) is 55.3. The molecule has 7 aliphatic rings. The Morgan fingerprint density at radius 2 is 0.757 bits per heavy atom. The summed E-state index contributed by atoms with van der Waals surface area (Å²) in [5.74, 6) is 0. The Labute approximate surface area is 426 Å². The molecule has 0 aromatic heterocycles. The number of rotatable bonds is 0. The van der Waals surface area contributed by atoms with E-state index in [4.69, 9.17) is 0 Å². The molecule has 74 heavy (non-hydrogen) atoms. The molecule has 7 aliphatic carbocycles. The van der Waals surface area contributed by atoms with E-state index in [-0.39, 0.29) is 21.7 Å². The van der Waals surface area contributed by atoms with E-state index in [0.717, 1.165) is 12.8 Å². The summed E-state index contributed by atoms with van der Waals surface area (Å²) in [5, 5.41) is 0. The Balaban J connectivity index is 0.000000504. The number of hydrogen-bond acceptors (Lipinski definition) is 0. The monoisotopic (exact) mass is 1070 g/mol. The van der Waals surface area contributed by atoms with Gasteiger partial charge in [-0.1, -0.05) is 123 Å². The van der Waals surface area contributed by atoms with Gasteiger partial charge < -0.3 is 0 Å². The quantitative estimate of drug-likeness (QED) is 0.0808. The van der Waals surface area contributed by atoms with Crippen LogP contribution in [0.1, 0.15) is 156 Å². The summed E-state index contributed by atoms with van der Waals surface area (Å²) in [5.41, 5.74) is 26.8. The molecule has 0 heterocycles. The summed E-state index contributed by atoms with van der Waals surface area (Å²) in [7, 11) is -21.3. The molecule has 8 bridgehead atoms. The van der Waals surface area contributed by atoms with Crippen molar-refractivity contribution < 1.29 is 50.4 Å². The second kappa shape index (κ2) is 17.0. The minimum atomic E-state index is -10.7. The van der Waals surface area contributed by atoms with Gasteiger partial charge in [-0.25, -0.2) is 0 Å². The molecular formula is C60H62F12P2. The molecule has 2 aromatic rings. The van der Waals surface area contributed by atoms with E-state index in [1.54, 1.807) is 0 Å². The molecule has 0 radical (unpaired) electrons. The Morgan fingerprint density at radius 3 is 1.15 bits per heavy atom. The third kappa shape index (κ3) is 14.9. The van der Waals surface area contributed by atoms with Gasteiger partial charge in [-0.15, -0.1) is 0 Å². The third-order valence-corrected chi connectivity index (χ3v) is 13.4. The Bertz CT molecular complexity index is 3080. The van der Waals surface area contributed by atoms with Gasteiger partial charge in [0.15, 0.2) is 0 Å². The summed E-state index contributed by atoms with van der Waals surface area (Å²) in [6.07, 6.45) is 11.7. The number of allylic oxidation sites excluding steroid dienone is 6. The van der Waals surface area contributed by atoms with Crippen molar-refractivity contribution in [2.45, 2.75) is 118 Å². The number of hydrogen-bond donors (Lipinski definition) is 0. The van der Waals surface area contributed by atoms with Crippen molar-refractivity contribution in [3.63, 3.8) is 0 Å². The second-order valence-corrected chi connectivity index (χ2v) is 27.7. The van der Waals surface area contributed by atoms with E-state index in [9.17, 15) is 50.4 Å². The van der Waals surface area contributed by atoms with Gasteiger partial charge in [0, 0.05) is 53.2 Å². The number of halogens is 12. The molecule has 396 valence electrons. The van der Waals surface area contributed by atoms with Gasteiger partial charge in [0.25, 0.3) is 0 Å². The topological polar surface area (TPSA) is 0 Å². The van der Waals surface area contributed by atoms with Crippen LogP contribution in [0.3, 0.4) is 0 Å². The minimum absolute atomic E-state index is 0.0470. The van der Waals surface area contributed by atoms with E-state index >= 15 is 0 Å². The van der Waals surface area contributed by atoms with E-state index in [0.29, 0.717) is 0 Å². The van der Waals surface area contributed by atoms with Crippen LogP contribution in [0, 0.1) is 0 Å². The van der Waals surface area contributed by atoms with Gasteiger partial charge >= 0.3 is 66.0 Å². The number of fused-ring (bicyclic) bond motifs is 18. The fourth-order valence-corrected chi connectivity index (χ4v) is 9.63. The second-order valence-electron chi connectivity index (χ2n) is 23.9. The molecule has 0 spiro atoms. The summed E-state index contributed by atoms with van der Waals surface area (Å²) >= 11 is 0. The normalized spacial score (nSPS) is 18.2. The fourth-order valence-electron chi connectivity index (χ4n) is 9.63. The van der Waals surface area contributed by atoms with Crippen LogP contribution in [0.4, 0.5) is 50.4 Å². The molecule has 0 aliphatic heterocycles. The molecule has 14 heteroatoms. The van der Waals surface area contributed by atoms with Gasteiger partial charge in [0.05, 0.1) is 51.6 Å². The Kier molecular flexibility index (Phi) is 13.0. The molecule has 2 aromatic carbocycles. The molecule has 0 saturated heterocycles. The van der Waals surface area contributed by atoms with Gasteiger partial charge in [-0.05, 0) is 135 Å². The first-order chi connectivity index (χ1) is 33.1. The van der Waals surface area contributed by atoms with Crippen molar-refractivity contribution in [3.05, 3.63) is 188 Å². The van der Waals surface area contributed by atoms with Crippen molar-refractivity contribution in [2.75, 3.05) is 0 Å². The van der Waals surface area contributed by atoms with E-state index in [1.165, 1.54) is 111 Å². The van der Waals surface area contributed by atoms with Crippen LogP contribution in [-0.4, -0.2) is 0 Å². The Hall–Kier alpha value is -5.44. The first-order valence-electron chi connectivity index (χ1n) is 24.2. The van der Waals surface area contributed by atoms with Gasteiger partial charge in [-0.2, -0.15) is 0 Å². The maximum atomic E-state index is 9.87. The zero-order valence-corrected chi connectivity index (χ0v) is 45.3. The average molecular weight is 1070 g/mol. The van der Waals surface area contributed by atoms with Crippen molar-refractivity contribution in [2.24, 2.45) is 0 Å². The summed E-state index contributed by atoms with van der Waals surface area (Å²) < 4.78 is 118. The van der Waals surface area contributed by atoms with E-state index in [2.05, 4.69) is 217 Å².